The highest BCUT2D eigenvalue weighted by Crippen LogP contribution is 2.21. The molecule has 2 heteroatoms. The number of fused-ring (bicyclic) bond motifs is 1. The third kappa shape index (κ3) is 1.32. The summed E-state index contributed by atoms with van der Waals surface area (Å²) in [6, 6.07) is 8.39. The van der Waals surface area contributed by atoms with Crippen LogP contribution in [-0.4, -0.2) is 4.40 Å². The van der Waals surface area contributed by atoms with E-state index in [1.165, 1.54) is 11.1 Å². The molecule has 0 saturated heterocycles. The van der Waals surface area contributed by atoms with Gasteiger partial charge >= 0.3 is 0 Å². The van der Waals surface area contributed by atoms with Gasteiger partial charge in [0.25, 0.3) is 0 Å². The minimum Gasteiger partial charge on any atom is -0.321 e. The quantitative estimate of drug-likeness (QED) is 0.732. The maximum absolute atomic E-state index is 6.10. The van der Waals surface area contributed by atoms with E-state index >= 15 is 0 Å². The van der Waals surface area contributed by atoms with Gasteiger partial charge in [-0.15, -0.1) is 0 Å². The normalized spacial score (nSPS) is 12.3. The monoisotopic (exact) mass is 188 g/mol. The van der Waals surface area contributed by atoms with Crippen molar-refractivity contribution in [2.24, 2.45) is 5.73 Å². The molecule has 0 saturated carbocycles. The van der Waals surface area contributed by atoms with Crippen molar-refractivity contribution < 1.29 is 0 Å². The van der Waals surface area contributed by atoms with Crippen LogP contribution in [0.3, 0.4) is 0 Å². The summed E-state index contributed by atoms with van der Waals surface area (Å²) in [4.78, 5) is 0. The van der Waals surface area contributed by atoms with E-state index in [2.05, 4.69) is 41.8 Å². The number of hydrogen-bond donors (Lipinski definition) is 1. The van der Waals surface area contributed by atoms with Crippen molar-refractivity contribution in [3.63, 3.8) is 0 Å². The molecule has 0 aliphatic rings. The van der Waals surface area contributed by atoms with E-state index in [1.54, 1.807) is 0 Å². The first-order valence-electron chi connectivity index (χ1n) is 4.86. The molecule has 0 amide bonds. The molecule has 0 fully saturated rings. The molecule has 2 aromatic heterocycles. The van der Waals surface area contributed by atoms with Gasteiger partial charge in [0, 0.05) is 17.4 Å². The van der Waals surface area contributed by atoms with Crippen LogP contribution < -0.4 is 5.73 Å². The molecule has 2 nitrogen and oxygen atoms in total. The Kier molecular flexibility index (Phi) is 1.89. The lowest BCUT2D eigenvalue weighted by atomic mass is 10.0. The Bertz CT molecular complexity index is 461. The molecule has 0 unspecified atom stereocenters. The molecule has 0 aliphatic carbocycles. The third-order valence-electron chi connectivity index (χ3n) is 2.56. The van der Waals surface area contributed by atoms with Gasteiger partial charge in [0.1, 0.15) is 0 Å². The van der Waals surface area contributed by atoms with Crippen molar-refractivity contribution in [3.05, 3.63) is 41.7 Å². The SMILES string of the molecule is Cc1cccn2c(C(C)(C)N)ccc12. The molecule has 2 rings (SSSR count). The van der Waals surface area contributed by atoms with Crippen molar-refractivity contribution >= 4 is 5.52 Å². The third-order valence-corrected chi connectivity index (χ3v) is 2.56. The van der Waals surface area contributed by atoms with Crippen molar-refractivity contribution in [3.8, 4) is 0 Å². The summed E-state index contributed by atoms with van der Waals surface area (Å²) >= 11 is 0. The zero-order chi connectivity index (χ0) is 10.3. The highest BCUT2D eigenvalue weighted by Gasteiger charge is 2.17. The molecular formula is C12H16N2. The molecule has 14 heavy (non-hydrogen) atoms. The van der Waals surface area contributed by atoms with E-state index in [4.69, 9.17) is 5.73 Å². The van der Waals surface area contributed by atoms with Gasteiger partial charge < -0.3 is 10.1 Å². The fourth-order valence-corrected chi connectivity index (χ4v) is 1.81. The molecule has 0 atom stereocenters. The fourth-order valence-electron chi connectivity index (χ4n) is 1.81. The number of aryl methyl sites for hydroxylation is 1. The molecule has 0 aliphatic heterocycles. The molecule has 74 valence electrons. The summed E-state index contributed by atoms with van der Waals surface area (Å²) in [6.45, 7) is 6.16. The summed E-state index contributed by atoms with van der Waals surface area (Å²) in [6.07, 6.45) is 2.06. The molecular weight excluding hydrogens is 172 g/mol. The Balaban J connectivity index is 2.76. The van der Waals surface area contributed by atoms with Crippen LogP contribution in [0, 0.1) is 6.92 Å². The van der Waals surface area contributed by atoms with Gasteiger partial charge in [0.15, 0.2) is 0 Å². The van der Waals surface area contributed by atoms with Gasteiger partial charge in [-0.05, 0) is 44.5 Å². The second-order valence-corrected chi connectivity index (χ2v) is 4.39. The topological polar surface area (TPSA) is 30.4 Å². The van der Waals surface area contributed by atoms with Crippen molar-refractivity contribution in [1.82, 2.24) is 4.40 Å². The van der Waals surface area contributed by atoms with Crippen LogP contribution in [0.25, 0.3) is 5.52 Å². The first-order valence-corrected chi connectivity index (χ1v) is 4.86. The summed E-state index contributed by atoms with van der Waals surface area (Å²) in [7, 11) is 0. The van der Waals surface area contributed by atoms with Gasteiger partial charge in [0.2, 0.25) is 0 Å². The lowest BCUT2D eigenvalue weighted by Gasteiger charge is -2.19. The standard InChI is InChI=1S/C12H16N2/c1-9-5-4-8-14-10(9)6-7-11(14)12(2,3)13/h4-8H,13H2,1-3H3. The van der Waals surface area contributed by atoms with Gasteiger partial charge in [-0.1, -0.05) is 6.07 Å². The highest BCUT2D eigenvalue weighted by molar-refractivity contribution is 5.56. The van der Waals surface area contributed by atoms with E-state index in [0.29, 0.717) is 0 Å². The summed E-state index contributed by atoms with van der Waals surface area (Å²) in [5, 5.41) is 0. The van der Waals surface area contributed by atoms with E-state index in [9.17, 15) is 0 Å². The largest absolute Gasteiger partial charge is 0.321 e. The Hall–Kier alpha value is -1.28. The van der Waals surface area contributed by atoms with Crippen LogP contribution >= 0.6 is 0 Å². The molecule has 0 bridgehead atoms. The van der Waals surface area contributed by atoms with Gasteiger partial charge in [0.05, 0.1) is 5.54 Å². The number of nitrogens with two attached hydrogens (primary N) is 1. The Labute approximate surface area is 84.3 Å². The molecule has 2 heterocycles. The Morgan fingerprint density at radius 3 is 2.57 bits per heavy atom. The van der Waals surface area contributed by atoms with Crippen molar-refractivity contribution in [2.45, 2.75) is 26.3 Å². The number of nitrogens with zero attached hydrogens (tertiary/aromatic N) is 1. The van der Waals surface area contributed by atoms with Crippen LogP contribution in [0.2, 0.25) is 0 Å². The maximum atomic E-state index is 6.10. The van der Waals surface area contributed by atoms with Gasteiger partial charge in [-0.2, -0.15) is 0 Å². The minimum atomic E-state index is -0.291. The second-order valence-electron chi connectivity index (χ2n) is 4.39. The van der Waals surface area contributed by atoms with Crippen LogP contribution in [0.5, 0.6) is 0 Å². The van der Waals surface area contributed by atoms with Gasteiger partial charge in [-0.25, -0.2) is 0 Å². The smallest absolute Gasteiger partial charge is 0.0510 e. The first-order chi connectivity index (χ1) is 6.50. The number of pyridine rings is 1. The molecule has 2 N–H and O–H groups in total. The van der Waals surface area contributed by atoms with E-state index in [0.717, 1.165) is 5.69 Å². The molecule has 2 aromatic rings. The van der Waals surface area contributed by atoms with E-state index < -0.39 is 0 Å². The molecule has 0 spiro atoms. The van der Waals surface area contributed by atoms with E-state index in [-0.39, 0.29) is 5.54 Å². The first kappa shape index (κ1) is 9.28. The number of hydrogen-bond acceptors (Lipinski definition) is 1. The van der Waals surface area contributed by atoms with E-state index in [1.807, 2.05) is 13.8 Å². The van der Waals surface area contributed by atoms with Crippen LogP contribution in [0.4, 0.5) is 0 Å². The average molecular weight is 188 g/mol. The van der Waals surface area contributed by atoms with Crippen LogP contribution in [-0.2, 0) is 5.54 Å². The highest BCUT2D eigenvalue weighted by atomic mass is 14.9. The average Bonchev–Trinajstić information content (AvgIpc) is 2.47. The zero-order valence-corrected chi connectivity index (χ0v) is 8.91. The molecule has 0 aromatic carbocycles. The predicted molar refractivity (Wildman–Crippen MR) is 59.3 cm³/mol. The van der Waals surface area contributed by atoms with Crippen LogP contribution in [0.15, 0.2) is 30.5 Å². The lowest BCUT2D eigenvalue weighted by molar-refractivity contribution is 0.531. The minimum absolute atomic E-state index is 0.291. The molecule has 0 radical (unpaired) electrons. The summed E-state index contributed by atoms with van der Waals surface area (Å²) in [5.41, 5.74) is 9.47. The number of aromatic nitrogens is 1. The number of rotatable bonds is 1. The zero-order valence-electron chi connectivity index (χ0n) is 8.91. The predicted octanol–water partition coefficient (Wildman–Crippen LogP) is 2.44. The Morgan fingerprint density at radius 1 is 1.21 bits per heavy atom. The van der Waals surface area contributed by atoms with Crippen molar-refractivity contribution in [1.29, 1.82) is 0 Å². The van der Waals surface area contributed by atoms with Gasteiger partial charge in [-0.3, -0.25) is 0 Å². The fraction of sp³-hybridized carbons (Fsp3) is 0.333. The Morgan fingerprint density at radius 2 is 1.93 bits per heavy atom. The van der Waals surface area contributed by atoms with Crippen molar-refractivity contribution in [2.75, 3.05) is 0 Å². The summed E-state index contributed by atoms with van der Waals surface area (Å²) < 4.78 is 2.16. The van der Waals surface area contributed by atoms with Crippen LogP contribution in [0.1, 0.15) is 25.1 Å². The summed E-state index contributed by atoms with van der Waals surface area (Å²) in [5.74, 6) is 0. The lowest BCUT2D eigenvalue weighted by Crippen LogP contribution is -2.30. The second kappa shape index (κ2) is 2.85. The maximum Gasteiger partial charge on any atom is 0.0510 e.